The van der Waals surface area contributed by atoms with Crippen molar-refractivity contribution in [3.63, 3.8) is 0 Å². The van der Waals surface area contributed by atoms with Crippen molar-refractivity contribution in [2.24, 2.45) is 5.14 Å². The fourth-order valence-electron chi connectivity index (χ4n) is 3.10. The summed E-state index contributed by atoms with van der Waals surface area (Å²) in [6.07, 6.45) is 19.2. The van der Waals surface area contributed by atoms with Gasteiger partial charge in [-0.15, -0.1) is 0 Å². The summed E-state index contributed by atoms with van der Waals surface area (Å²) in [6, 6.07) is 0. The van der Waals surface area contributed by atoms with Crippen LogP contribution in [0.1, 0.15) is 110 Å². The van der Waals surface area contributed by atoms with Crippen LogP contribution in [0.2, 0.25) is 0 Å². The summed E-state index contributed by atoms with van der Waals surface area (Å²) in [5.41, 5.74) is 0. The lowest BCUT2D eigenvalue weighted by Gasteiger charge is -2.18. The molecule has 0 radical (unpaired) electrons. The van der Waals surface area contributed by atoms with E-state index < -0.39 is 10.2 Å². The SMILES string of the molecule is CCCCCCCCCCCCCCCCN(CCC)S(N)(=O)=O. The lowest BCUT2D eigenvalue weighted by Crippen LogP contribution is -2.37. The zero-order valence-electron chi connectivity index (χ0n) is 16.3. The van der Waals surface area contributed by atoms with Crippen LogP contribution < -0.4 is 5.14 Å². The molecule has 0 aromatic carbocycles. The van der Waals surface area contributed by atoms with Crippen molar-refractivity contribution >= 4 is 10.2 Å². The van der Waals surface area contributed by atoms with E-state index in [1.165, 1.54) is 81.4 Å². The minimum atomic E-state index is -3.51. The van der Waals surface area contributed by atoms with Crippen molar-refractivity contribution in [3.8, 4) is 0 Å². The van der Waals surface area contributed by atoms with E-state index in [1.807, 2.05) is 6.92 Å². The largest absolute Gasteiger partial charge is 0.276 e. The van der Waals surface area contributed by atoms with Gasteiger partial charge in [0, 0.05) is 13.1 Å². The Balaban J connectivity index is 3.33. The number of rotatable bonds is 18. The highest BCUT2D eigenvalue weighted by molar-refractivity contribution is 7.86. The topological polar surface area (TPSA) is 63.4 Å². The van der Waals surface area contributed by atoms with Gasteiger partial charge < -0.3 is 0 Å². The van der Waals surface area contributed by atoms with Crippen molar-refractivity contribution in [2.75, 3.05) is 13.1 Å². The molecule has 0 amide bonds. The predicted octanol–water partition coefficient (Wildman–Crippen LogP) is 5.38. The number of hydrogen-bond donors (Lipinski definition) is 1. The summed E-state index contributed by atoms with van der Waals surface area (Å²) in [6.45, 7) is 5.35. The molecule has 0 rings (SSSR count). The molecule has 0 saturated heterocycles. The number of nitrogens with two attached hydrogens (primary N) is 1. The fourth-order valence-corrected chi connectivity index (χ4v) is 3.92. The van der Waals surface area contributed by atoms with Crippen molar-refractivity contribution in [1.29, 1.82) is 0 Å². The van der Waals surface area contributed by atoms with Crippen molar-refractivity contribution in [3.05, 3.63) is 0 Å². The number of hydrogen-bond acceptors (Lipinski definition) is 2. The highest BCUT2D eigenvalue weighted by Crippen LogP contribution is 2.13. The molecule has 5 heteroatoms. The van der Waals surface area contributed by atoms with E-state index in [0.717, 1.165) is 19.3 Å². The van der Waals surface area contributed by atoms with Crippen LogP contribution in [0.4, 0.5) is 0 Å². The smallest absolute Gasteiger partial charge is 0.216 e. The van der Waals surface area contributed by atoms with Crippen LogP contribution >= 0.6 is 0 Å². The van der Waals surface area contributed by atoms with Gasteiger partial charge in [0.05, 0.1) is 0 Å². The van der Waals surface area contributed by atoms with Crippen LogP contribution in [0.5, 0.6) is 0 Å². The van der Waals surface area contributed by atoms with E-state index in [9.17, 15) is 8.42 Å². The first kappa shape index (κ1) is 23.9. The molecular formula is C19H42N2O2S. The molecule has 146 valence electrons. The van der Waals surface area contributed by atoms with Crippen molar-refractivity contribution in [1.82, 2.24) is 4.31 Å². The summed E-state index contributed by atoms with van der Waals surface area (Å²) in [7, 11) is -3.51. The summed E-state index contributed by atoms with van der Waals surface area (Å²) < 4.78 is 24.2. The zero-order chi connectivity index (χ0) is 18.1. The summed E-state index contributed by atoms with van der Waals surface area (Å²) in [5.74, 6) is 0. The Bertz CT molecular complexity index is 358. The predicted molar refractivity (Wildman–Crippen MR) is 105 cm³/mol. The Hall–Kier alpha value is -0.130. The van der Waals surface area contributed by atoms with E-state index >= 15 is 0 Å². The quantitative estimate of drug-likeness (QED) is 0.333. The lowest BCUT2D eigenvalue weighted by atomic mass is 10.0. The van der Waals surface area contributed by atoms with Gasteiger partial charge in [0.25, 0.3) is 10.2 Å². The van der Waals surface area contributed by atoms with Gasteiger partial charge in [-0.3, -0.25) is 0 Å². The van der Waals surface area contributed by atoms with Crippen LogP contribution in [0.15, 0.2) is 0 Å². The average Bonchev–Trinajstić information content (AvgIpc) is 2.53. The fraction of sp³-hybridized carbons (Fsp3) is 1.00. The van der Waals surface area contributed by atoms with E-state index in [1.54, 1.807) is 0 Å². The van der Waals surface area contributed by atoms with Gasteiger partial charge in [0.15, 0.2) is 0 Å². The van der Waals surface area contributed by atoms with E-state index in [2.05, 4.69) is 6.92 Å². The Labute approximate surface area is 151 Å². The van der Waals surface area contributed by atoms with Crippen LogP contribution in [-0.4, -0.2) is 25.8 Å². The average molecular weight is 363 g/mol. The molecule has 2 N–H and O–H groups in total. The molecule has 0 aliphatic carbocycles. The maximum atomic E-state index is 11.4. The van der Waals surface area contributed by atoms with Gasteiger partial charge in [-0.2, -0.15) is 12.7 Å². The normalized spacial score (nSPS) is 12.2. The molecule has 24 heavy (non-hydrogen) atoms. The first-order chi connectivity index (χ1) is 11.5. The maximum Gasteiger partial charge on any atom is 0.276 e. The minimum Gasteiger partial charge on any atom is -0.216 e. The van der Waals surface area contributed by atoms with Crippen LogP contribution in [-0.2, 0) is 10.2 Å². The Morgan fingerprint density at radius 3 is 1.29 bits per heavy atom. The summed E-state index contributed by atoms with van der Waals surface area (Å²) >= 11 is 0. The highest BCUT2D eigenvalue weighted by Gasteiger charge is 2.14. The minimum absolute atomic E-state index is 0.539. The Morgan fingerprint density at radius 2 is 0.958 bits per heavy atom. The lowest BCUT2D eigenvalue weighted by molar-refractivity contribution is 0.396. The third-order valence-electron chi connectivity index (χ3n) is 4.59. The van der Waals surface area contributed by atoms with Gasteiger partial charge in [-0.05, 0) is 12.8 Å². The summed E-state index contributed by atoms with van der Waals surface area (Å²) in [4.78, 5) is 0. The van der Waals surface area contributed by atoms with Gasteiger partial charge in [-0.1, -0.05) is 97.3 Å². The highest BCUT2D eigenvalue weighted by atomic mass is 32.2. The molecule has 0 heterocycles. The molecule has 0 aromatic rings. The number of nitrogens with zero attached hydrogens (tertiary/aromatic N) is 1. The second-order valence-electron chi connectivity index (χ2n) is 7.04. The molecular weight excluding hydrogens is 320 g/mol. The van der Waals surface area contributed by atoms with Crippen LogP contribution in [0, 0.1) is 0 Å². The second-order valence-corrected chi connectivity index (χ2v) is 8.59. The molecule has 0 aliphatic rings. The third kappa shape index (κ3) is 15.4. The molecule has 0 saturated carbocycles. The molecule has 0 spiro atoms. The standard InChI is InChI=1S/C19H42N2O2S/c1-3-5-6-7-8-9-10-11-12-13-14-15-16-17-19-21(18-4-2)24(20,22)23/h3-19H2,1-2H3,(H2,20,22,23). The monoisotopic (exact) mass is 362 g/mol. The first-order valence-electron chi connectivity index (χ1n) is 10.3. The Kier molecular flexibility index (Phi) is 16.3. The van der Waals surface area contributed by atoms with Gasteiger partial charge in [0.1, 0.15) is 0 Å². The molecule has 0 aromatic heterocycles. The molecule has 0 fully saturated rings. The van der Waals surface area contributed by atoms with Gasteiger partial charge >= 0.3 is 0 Å². The van der Waals surface area contributed by atoms with Gasteiger partial charge in [-0.25, -0.2) is 5.14 Å². The molecule has 0 bridgehead atoms. The van der Waals surface area contributed by atoms with Crippen molar-refractivity contribution in [2.45, 2.75) is 110 Å². The number of unbranched alkanes of at least 4 members (excludes halogenated alkanes) is 13. The Morgan fingerprint density at radius 1 is 0.583 bits per heavy atom. The van der Waals surface area contributed by atoms with E-state index in [0.29, 0.717) is 13.1 Å². The van der Waals surface area contributed by atoms with Crippen molar-refractivity contribution < 1.29 is 8.42 Å². The van der Waals surface area contributed by atoms with Crippen LogP contribution in [0.3, 0.4) is 0 Å². The molecule has 4 nitrogen and oxygen atoms in total. The summed E-state index contributed by atoms with van der Waals surface area (Å²) in [5, 5.41) is 5.22. The third-order valence-corrected chi connectivity index (χ3v) is 5.68. The van der Waals surface area contributed by atoms with E-state index in [-0.39, 0.29) is 0 Å². The maximum absolute atomic E-state index is 11.4. The first-order valence-corrected chi connectivity index (χ1v) is 11.8. The van der Waals surface area contributed by atoms with Gasteiger partial charge in [0.2, 0.25) is 0 Å². The molecule has 0 atom stereocenters. The second kappa shape index (κ2) is 16.3. The molecule has 0 unspecified atom stereocenters. The zero-order valence-corrected chi connectivity index (χ0v) is 17.1. The van der Waals surface area contributed by atoms with E-state index in [4.69, 9.17) is 5.14 Å². The molecule has 0 aliphatic heterocycles. The van der Waals surface area contributed by atoms with Crippen LogP contribution in [0.25, 0.3) is 0 Å².